The highest BCUT2D eigenvalue weighted by Gasteiger charge is 2.30. The standard InChI is InChI=1S/C7H7Cl2N3O/c8-4-1-6(13)12(3-4)5-2-10-11-7(5)9/h2,4H,1,3H2,(H,10,11). The lowest BCUT2D eigenvalue weighted by Gasteiger charge is -2.12. The Morgan fingerprint density at radius 3 is 2.92 bits per heavy atom. The summed E-state index contributed by atoms with van der Waals surface area (Å²) in [5.74, 6) is -0.0108. The molecule has 1 aromatic rings. The average molecular weight is 220 g/mol. The van der Waals surface area contributed by atoms with Crippen molar-refractivity contribution in [3.05, 3.63) is 11.3 Å². The third-order valence-corrected chi connectivity index (χ3v) is 2.51. The van der Waals surface area contributed by atoms with Crippen molar-refractivity contribution in [3.8, 4) is 0 Å². The molecule has 1 amide bonds. The first kappa shape index (κ1) is 8.84. The van der Waals surface area contributed by atoms with E-state index >= 15 is 0 Å². The zero-order valence-corrected chi connectivity index (χ0v) is 8.14. The predicted octanol–water partition coefficient (Wildman–Crippen LogP) is 1.41. The number of hydrogen-bond acceptors (Lipinski definition) is 2. The molecule has 0 aliphatic carbocycles. The number of aromatic amines is 1. The number of halogens is 2. The van der Waals surface area contributed by atoms with E-state index in [1.807, 2.05) is 0 Å². The minimum Gasteiger partial charge on any atom is -0.307 e. The Labute approximate surface area is 84.8 Å². The predicted molar refractivity (Wildman–Crippen MR) is 50.2 cm³/mol. The second kappa shape index (κ2) is 3.20. The number of carbonyl (C=O) groups is 1. The maximum atomic E-state index is 11.4. The number of carbonyl (C=O) groups excluding carboxylic acids is 1. The van der Waals surface area contributed by atoms with Crippen LogP contribution in [0.15, 0.2) is 6.20 Å². The van der Waals surface area contributed by atoms with Crippen molar-refractivity contribution in [1.82, 2.24) is 10.2 Å². The fraction of sp³-hybridized carbons (Fsp3) is 0.429. The molecule has 6 heteroatoms. The Balaban J connectivity index is 2.27. The topological polar surface area (TPSA) is 49.0 Å². The summed E-state index contributed by atoms with van der Waals surface area (Å²) in [7, 11) is 0. The molecular weight excluding hydrogens is 213 g/mol. The Morgan fingerprint density at radius 1 is 1.69 bits per heavy atom. The molecular formula is C7H7Cl2N3O. The van der Waals surface area contributed by atoms with Gasteiger partial charge < -0.3 is 4.90 Å². The Morgan fingerprint density at radius 2 is 2.46 bits per heavy atom. The largest absolute Gasteiger partial charge is 0.307 e. The van der Waals surface area contributed by atoms with Crippen LogP contribution >= 0.6 is 23.2 Å². The average Bonchev–Trinajstić information content (AvgIpc) is 2.58. The van der Waals surface area contributed by atoms with E-state index < -0.39 is 0 Å². The summed E-state index contributed by atoms with van der Waals surface area (Å²) in [6, 6.07) is 0. The van der Waals surface area contributed by atoms with Gasteiger partial charge in [-0.1, -0.05) is 11.6 Å². The molecule has 1 aromatic heterocycles. The van der Waals surface area contributed by atoms with Crippen molar-refractivity contribution >= 4 is 34.8 Å². The van der Waals surface area contributed by atoms with E-state index in [4.69, 9.17) is 23.2 Å². The fourth-order valence-corrected chi connectivity index (χ4v) is 1.82. The molecule has 0 radical (unpaired) electrons. The van der Waals surface area contributed by atoms with Gasteiger partial charge in [-0.2, -0.15) is 5.10 Å². The van der Waals surface area contributed by atoms with Crippen molar-refractivity contribution < 1.29 is 4.79 Å². The maximum Gasteiger partial charge on any atom is 0.228 e. The van der Waals surface area contributed by atoms with Crippen LogP contribution in [0.3, 0.4) is 0 Å². The van der Waals surface area contributed by atoms with Gasteiger partial charge in [0.1, 0.15) is 10.8 Å². The van der Waals surface area contributed by atoms with Crippen LogP contribution in [-0.2, 0) is 4.79 Å². The highest BCUT2D eigenvalue weighted by atomic mass is 35.5. The van der Waals surface area contributed by atoms with Gasteiger partial charge in [0, 0.05) is 13.0 Å². The van der Waals surface area contributed by atoms with Crippen LogP contribution in [0.25, 0.3) is 0 Å². The van der Waals surface area contributed by atoms with E-state index in [2.05, 4.69) is 10.2 Å². The first-order chi connectivity index (χ1) is 6.18. The van der Waals surface area contributed by atoms with Gasteiger partial charge in [-0.25, -0.2) is 0 Å². The van der Waals surface area contributed by atoms with Crippen molar-refractivity contribution in [2.45, 2.75) is 11.8 Å². The Bertz CT molecular complexity index is 338. The minimum atomic E-state index is -0.126. The van der Waals surface area contributed by atoms with Crippen LogP contribution in [0.5, 0.6) is 0 Å². The number of hydrogen-bond donors (Lipinski definition) is 1. The lowest BCUT2D eigenvalue weighted by atomic mass is 10.4. The number of alkyl halides is 1. The second-order valence-corrected chi connectivity index (χ2v) is 3.87. The molecule has 1 aliphatic rings. The van der Waals surface area contributed by atoms with E-state index in [1.165, 1.54) is 6.20 Å². The van der Waals surface area contributed by atoms with Crippen molar-refractivity contribution in [2.24, 2.45) is 0 Å². The molecule has 70 valence electrons. The highest BCUT2D eigenvalue weighted by molar-refractivity contribution is 6.33. The lowest BCUT2D eigenvalue weighted by molar-refractivity contribution is -0.117. The Kier molecular flexibility index (Phi) is 2.17. The molecule has 0 aromatic carbocycles. The number of rotatable bonds is 1. The van der Waals surface area contributed by atoms with Gasteiger partial charge in [-0.3, -0.25) is 9.89 Å². The first-order valence-electron chi connectivity index (χ1n) is 3.82. The lowest BCUT2D eigenvalue weighted by Crippen LogP contribution is -2.24. The summed E-state index contributed by atoms with van der Waals surface area (Å²) in [6.07, 6.45) is 1.89. The van der Waals surface area contributed by atoms with Crippen LogP contribution < -0.4 is 4.90 Å². The van der Waals surface area contributed by atoms with Gasteiger partial charge in [0.05, 0.1) is 11.6 Å². The molecule has 0 bridgehead atoms. The van der Waals surface area contributed by atoms with E-state index in [1.54, 1.807) is 4.90 Å². The number of anilines is 1. The number of H-pyrrole nitrogens is 1. The molecule has 1 atom stereocenters. The van der Waals surface area contributed by atoms with Gasteiger partial charge in [0.25, 0.3) is 0 Å². The number of nitrogens with zero attached hydrogens (tertiary/aromatic N) is 2. The van der Waals surface area contributed by atoms with Gasteiger partial charge in [-0.05, 0) is 0 Å². The molecule has 2 rings (SSSR count). The molecule has 2 heterocycles. The van der Waals surface area contributed by atoms with Crippen molar-refractivity contribution in [1.29, 1.82) is 0 Å². The summed E-state index contributed by atoms with van der Waals surface area (Å²) in [5, 5.41) is 6.54. The SMILES string of the molecule is O=C1CC(Cl)CN1c1cn[nH]c1Cl. The third-order valence-electron chi connectivity index (χ3n) is 1.94. The molecule has 0 spiro atoms. The number of amides is 1. The number of aromatic nitrogens is 2. The van der Waals surface area contributed by atoms with Gasteiger partial charge in [-0.15, -0.1) is 11.6 Å². The van der Waals surface area contributed by atoms with Crippen molar-refractivity contribution in [2.75, 3.05) is 11.4 Å². The van der Waals surface area contributed by atoms with E-state index in [9.17, 15) is 4.79 Å². The zero-order chi connectivity index (χ0) is 9.42. The molecule has 4 nitrogen and oxygen atoms in total. The van der Waals surface area contributed by atoms with E-state index in [0.29, 0.717) is 23.8 Å². The number of nitrogens with one attached hydrogen (secondary N) is 1. The van der Waals surface area contributed by atoms with Crippen LogP contribution in [0.4, 0.5) is 5.69 Å². The Hall–Kier alpha value is -0.740. The maximum absolute atomic E-state index is 11.4. The van der Waals surface area contributed by atoms with E-state index in [-0.39, 0.29) is 11.3 Å². The smallest absolute Gasteiger partial charge is 0.228 e. The molecule has 1 aliphatic heterocycles. The summed E-state index contributed by atoms with van der Waals surface area (Å²) < 4.78 is 0. The highest BCUT2D eigenvalue weighted by Crippen LogP contribution is 2.28. The van der Waals surface area contributed by atoms with Gasteiger partial charge >= 0.3 is 0 Å². The van der Waals surface area contributed by atoms with Crippen LogP contribution in [0.2, 0.25) is 5.15 Å². The molecule has 1 fully saturated rings. The van der Waals surface area contributed by atoms with Crippen LogP contribution in [-0.4, -0.2) is 28.0 Å². The molecule has 0 saturated carbocycles. The monoisotopic (exact) mass is 219 g/mol. The molecule has 1 unspecified atom stereocenters. The molecule has 1 N–H and O–H groups in total. The fourth-order valence-electron chi connectivity index (χ4n) is 1.35. The van der Waals surface area contributed by atoms with Crippen molar-refractivity contribution in [3.63, 3.8) is 0 Å². The van der Waals surface area contributed by atoms with Gasteiger partial charge in [0.2, 0.25) is 5.91 Å². The first-order valence-corrected chi connectivity index (χ1v) is 4.63. The third kappa shape index (κ3) is 1.51. The summed E-state index contributed by atoms with van der Waals surface area (Å²) >= 11 is 11.6. The second-order valence-electron chi connectivity index (χ2n) is 2.87. The normalized spacial score (nSPS) is 22.8. The summed E-state index contributed by atoms with van der Waals surface area (Å²) in [5.41, 5.74) is 0.606. The minimum absolute atomic E-state index is 0.0108. The quantitative estimate of drug-likeness (QED) is 0.727. The summed E-state index contributed by atoms with van der Waals surface area (Å²) in [4.78, 5) is 12.9. The van der Waals surface area contributed by atoms with Crippen LogP contribution in [0, 0.1) is 0 Å². The molecule has 1 saturated heterocycles. The molecule has 13 heavy (non-hydrogen) atoms. The zero-order valence-electron chi connectivity index (χ0n) is 6.63. The summed E-state index contributed by atoms with van der Waals surface area (Å²) in [6.45, 7) is 0.500. The van der Waals surface area contributed by atoms with Crippen LogP contribution in [0.1, 0.15) is 6.42 Å². The van der Waals surface area contributed by atoms with Gasteiger partial charge in [0.15, 0.2) is 0 Å². The van der Waals surface area contributed by atoms with E-state index in [0.717, 1.165) is 0 Å².